The Hall–Kier alpha value is -2.30. The largest absolute Gasteiger partial charge is 0.397 e. The number of amides is 1. The number of aromatic nitrogens is 1. The fraction of sp³-hybridized carbons (Fsp3) is 0.231. The van der Waals surface area contributed by atoms with Gasteiger partial charge in [-0.1, -0.05) is 6.07 Å². The Morgan fingerprint density at radius 2 is 2.22 bits per heavy atom. The third kappa shape index (κ3) is 1.73. The second kappa shape index (κ2) is 4.18. The van der Waals surface area contributed by atoms with Crippen molar-refractivity contribution >= 4 is 28.1 Å². The van der Waals surface area contributed by atoms with Crippen LogP contribution in [0.4, 0.5) is 11.4 Å². The highest BCUT2D eigenvalue weighted by molar-refractivity contribution is 5.99. The van der Waals surface area contributed by atoms with E-state index in [1.165, 1.54) is 0 Å². The van der Waals surface area contributed by atoms with Crippen LogP contribution in [0.3, 0.4) is 0 Å². The summed E-state index contributed by atoms with van der Waals surface area (Å²) in [5, 5.41) is 4.80. The average Bonchev–Trinajstić information content (AvgIpc) is 2.39. The molecule has 5 nitrogen and oxygen atoms in total. The summed E-state index contributed by atoms with van der Waals surface area (Å²) in [4.78, 5) is 17.5. The predicted octanol–water partition coefficient (Wildman–Crippen LogP) is 0.753. The second-order valence-corrected chi connectivity index (χ2v) is 4.37. The molecule has 1 aromatic heterocycles. The van der Waals surface area contributed by atoms with E-state index in [1.54, 1.807) is 12.4 Å². The molecule has 1 aliphatic rings. The molecule has 1 amide bonds. The van der Waals surface area contributed by atoms with Gasteiger partial charge in [0.1, 0.15) is 0 Å². The number of hydrogen-bond acceptors (Lipinski definition) is 4. The molecular weight excluding hydrogens is 228 g/mol. The minimum atomic E-state index is 0.0375. The van der Waals surface area contributed by atoms with Gasteiger partial charge in [-0.2, -0.15) is 0 Å². The summed E-state index contributed by atoms with van der Waals surface area (Å²) in [5.74, 6) is 0.0375. The Kier molecular flexibility index (Phi) is 2.51. The molecule has 92 valence electrons. The zero-order valence-electron chi connectivity index (χ0n) is 9.89. The van der Waals surface area contributed by atoms with E-state index in [1.807, 2.05) is 23.1 Å². The van der Waals surface area contributed by atoms with Gasteiger partial charge >= 0.3 is 0 Å². The lowest BCUT2D eigenvalue weighted by molar-refractivity contribution is -0.120. The smallest absolute Gasteiger partial charge is 0.239 e. The van der Waals surface area contributed by atoms with E-state index in [-0.39, 0.29) is 5.91 Å². The van der Waals surface area contributed by atoms with Crippen LogP contribution in [0.2, 0.25) is 0 Å². The number of nitrogens with one attached hydrogen (secondary N) is 1. The Labute approximate surface area is 105 Å². The van der Waals surface area contributed by atoms with E-state index in [9.17, 15) is 4.79 Å². The van der Waals surface area contributed by atoms with Crippen LogP contribution in [0.5, 0.6) is 0 Å². The number of benzene rings is 1. The zero-order valence-corrected chi connectivity index (χ0v) is 9.89. The van der Waals surface area contributed by atoms with Crippen LogP contribution < -0.4 is 16.0 Å². The maximum absolute atomic E-state index is 11.4. The minimum absolute atomic E-state index is 0.0375. The number of anilines is 2. The topological polar surface area (TPSA) is 71.2 Å². The van der Waals surface area contributed by atoms with Crippen LogP contribution >= 0.6 is 0 Å². The summed E-state index contributed by atoms with van der Waals surface area (Å²) < 4.78 is 0. The van der Waals surface area contributed by atoms with Crippen molar-refractivity contribution in [2.75, 3.05) is 30.3 Å². The number of fused-ring (bicyclic) bond motifs is 1. The molecular formula is C13H14N4O. The fourth-order valence-electron chi connectivity index (χ4n) is 2.30. The van der Waals surface area contributed by atoms with E-state index in [0.29, 0.717) is 18.8 Å². The normalized spacial score (nSPS) is 15.8. The summed E-state index contributed by atoms with van der Waals surface area (Å²) in [5.41, 5.74) is 7.83. The Bertz CT molecular complexity index is 611. The van der Waals surface area contributed by atoms with Gasteiger partial charge in [0.05, 0.1) is 17.9 Å². The number of nitrogen functional groups attached to an aromatic ring is 1. The Balaban J connectivity index is 2.06. The van der Waals surface area contributed by atoms with E-state index in [0.717, 1.165) is 23.0 Å². The molecule has 3 N–H and O–H groups in total. The van der Waals surface area contributed by atoms with Gasteiger partial charge in [-0.05, 0) is 12.1 Å². The van der Waals surface area contributed by atoms with Gasteiger partial charge in [-0.3, -0.25) is 9.78 Å². The number of nitrogens with zero attached hydrogens (tertiary/aromatic N) is 2. The van der Waals surface area contributed by atoms with E-state index < -0.39 is 0 Å². The van der Waals surface area contributed by atoms with E-state index in [4.69, 9.17) is 5.73 Å². The average molecular weight is 242 g/mol. The Morgan fingerprint density at radius 1 is 1.33 bits per heavy atom. The van der Waals surface area contributed by atoms with Crippen LogP contribution in [-0.2, 0) is 4.79 Å². The molecule has 0 radical (unpaired) electrons. The molecule has 1 aliphatic heterocycles. The fourth-order valence-corrected chi connectivity index (χ4v) is 2.30. The van der Waals surface area contributed by atoms with Gasteiger partial charge in [0.25, 0.3) is 0 Å². The molecule has 2 aromatic rings. The summed E-state index contributed by atoms with van der Waals surface area (Å²) >= 11 is 0. The predicted molar refractivity (Wildman–Crippen MR) is 71.4 cm³/mol. The van der Waals surface area contributed by atoms with Crippen molar-refractivity contribution in [1.82, 2.24) is 10.3 Å². The number of piperazine rings is 1. The summed E-state index contributed by atoms with van der Waals surface area (Å²) in [6, 6.07) is 5.84. The lowest BCUT2D eigenvalue weighted by Gasteiger charge is -2.29. The third-order valence-electron chi connectivity index (χ3n) is 3.22. The van der Waals surface area contributed by atoms with Crippen molar-refractivity contribution in [2.45, 2.75) is 0 Å². The first-order valence-corrected chi connectivity index (χ1v) is 5.89. The van der Waals surface area contributed by atoms with Crippen LogP contribution in [0.25, 0.3) is 10.8 Å². The van der Waals surface area contributed by atoms with Crippen LogP contribution in [-0.4, -0.2) is 30.5 Å². The van der Waals surface area contributed by atoms with Gasteiger partial charge in [0.2, 0.25) is 5.91 Å². The molecule has 2 heterocycles. The van der Waals surface area contributed by atoms with Gasteiger partial charge in [0.15, 0.2) is 0 Å². The molecule has 1 saturated heterocycles. The zero-order chi connectivity index (χ0) is 12.5. The molecule has 0 atom stereocenters. The molecule has 0 unspecified atom stereocenters. The van der Waals surface area contributed by atoms with Gasteiger partial charge in [-0.25, -0.2) is 0 Å². The van der Waals surface area contributed by atoms with Gasteiger partial charge in [0, 0.05) is 36.3 Å². The first-order chi connectivity index (χ1) is 8.75. The van der Waals surface area contributed by atoms with Crippen molar-refractivity contribution < 1.29 is 4.79 Å². The highest BCUT2D eigenvalue weighted by Crippen LogP contribution is 2.31. The first-order valence-electron chi connectivity index (χ1n) is 5.89. The standard InChI is InChI=1S/C13H14N4O/c14-13-10-3-4-15-7-9(10)1-2-11(13)17-6-5-16-12(18)8-17/h1-4,7H,5-6,8,14H2,(H,16,18). The summed E-state index contributed by atoms with van der Waals surface area (Å²) in [7, 11) is 0. The van der Waals surface area contributed by atoms with Crippen molar-refractivity contribution in [1.29, 1.82) is 0 Å². The molecule has 0 saturated carbocycles. The molecule has 18 heavy (non-hydrogen) atoms. The SMILES string of the molecule is Nc1c(N2CCNC(=O)C2)ccc2cnccc12. The lowest BCUT2D eigenvalue weighted by Crippen LogP contribution is -2.47. The maximum atomic E-state index is 11.4. The van der Waals surface area contributed by atoms with Crippen molar-refractivity contribution in [3.05, 3.63) is 30.6 Å². The van der Waals surface area contributed by atoms with Gasteiger partial charge in [-0.15, -0.1) is 0 Å². The Morgan fingerprint density at radius 3 is 3.06 bits per heavy atom. The molecule has 3 rings (SSSR count). The number of carbonyl (C=O) groups is 1. The van der Waals surface area contributed by atoms with Crippen LogP contribution in [0.1, 0.15) is 0 Å². The monoisotopic (exact) mass is 242 g/mol. The molecule has 0 spiro atoms. The summed E-state index contributed by atoms with van der Waals surface area (Å²) in [6.45, 7) is 1.81. The highest BCUT2D eigenvalue weighted by Gasteiger charge is 2.18. The molecule has 1 fully saturated rings. The third-order valence-corrected chi connectivity index (χ3v) is 3.22. The highest BCUT2D eigenvalue weighted by atomic mass is 16.2. The van der Waals surface area contributed by atoms with E-state index in [2.05, 4.69) is 10.3 Å². The van der Waals surface area contributed by atoms with Crippen LogP contribution in [0, 0.1) is 0 Å². The van der Waals surface area contributed by atoms with E-state index >= 15 is 0 Å². The second-order valence-electron chi connectivity index (χ2n) is 4.37. The summed E-state index contributed by atoms with van der Waals surface area (Å²) in [6.07, 6.45) is 3.52. The number of nitrogens with two attached hydrogens (primary N) is 1. The quantitative estimate of drug-likeness (QED) is 0.724. The number of pyridine rings is 1. The number of carbonyl (C=O) groups excluding carboxylic acids is 1. The van der Waals surface area contributed by atoms with Crippen molar-refractivity contribution in [3.8, 4) is 0 Å². The van der Waals surface area contributed by atoms with Crippen molar-refractivity contribution in [2.24, 2.45) is 0 Å². The molecule has 0 bridgehead atoms. The van der Waals surface area contributed by atoms with Crippen LogP contribution in [0.15, 0.2) is 30.6 Å². The van der Waals surface area contributed by atoms with Gasteiger partial charge < -0.3 is 16.0 Å². The maximum Gasteiger partial charge on any atom is 0.239 e. The van der Waals surface area contributed by atoms with Crippen molar-refractivity contribution in [3.63, 3.8) is 0 Å². The first kappa shape index (κ1) is 10.8. The minimum Gasteiger partial charge on any atom is -0.397 e. The number of rotatable bonds is 1. The lowest BCUT2D eigenvalue weighted by atomic mass is 10.1. The molecule has 5 heteroatoms. The number of hydrogen-bond donors (Lipinski definition) is 2. The molecule has 1 aromatic carbocycles. The molecule has 0 aliphatic carbocycles.